The predicted octanol–water partition coefficient (Wildman–Crippen LogP) is 0.927. The lowest BCUT2D eigenvalue weighted by molar-refractivity contribution is -0.148. The van der Waals surface area contributed by atoms with E-state index in [2.05, 4.69) is 5.32 Å². The predicted molar refractivity (Wildman–Crippen MR) is 63.0 cm³/mol. The van der Waals surface area contributed by atoms with Crippen molar-refractivity contribution in [1.82, 2.24) is 5.32 Å². The van der Waals surface area contributed by atoms with Crippen LogP contribution < -0.4 is 5.32 Å². The first-order valence-corrected chi connectivity index (χ1v) is 6.71. The fraction of sp³-hybridized carbons (Fsp3) is 0.846. The normalized spacial score (nSPS) is 36.8. The summed E-state index contributed by atoms with van der Waals surface area (Å²) >= 11 is 0. The smallest absolute Gasteiger partial charge is 0.331 e. The molecule has 3 fully saturated rings. The summed E-state index contributed by atoms with van der Waals surface area (Å²) < 4.78 is 5.14. The lowest BCUT2D eigenvalue weighted by Crippen LogP contribution is -2.55. The summed E-state index contributed by atoms with van der Waals surface area (Å²) in [5.41, 5.74) is -0.970. The molecule has 18 heavy (non-hydrogen) atoms. The van der Waals surface area contributed by atoms with Crippen molar-refractivity contribution in [3.05, 3.63) is 0 Å². The summed E-state index contributed by atoms with van der Waals surface area (Å²) in [5, 5.41) is 12.0. The molecule has 1 heterocycles. The van der Waals surface area contributed by atoms with E-state index in [0.717, 1.165) is 19.3 Å². The molecule has 0 aromatic carbocycles. The van der Waals surface area contributed by atoms with Crippen LogP contribution in [0, 0.1) is 11.3 Å². The van der Waals surface area contributed by atoms with Gasteiger partial charge < -0.3 is 15.2 Å². The SMILES string of the molecule is O=C(NC1(C(=O)O)CCOC1)C1CC12CCCC2. The molecule has 1 amide bonds. The zero-order chi connectivity index (χ0) is 12.8. The molecule has 1 spiro atoms. The molecule has 100 valence electrons. The van der Waals surface area contributed by atoms with E-state index in [4.69, 9.17) is 4.74 Å². The fourth-order valence-corrected chi connectivity index (χ4v) is 3.56. The average molecular weight is 253 g/mol. The minimum Gasteiger partial charge on any atom is -0.479 e. The molecule has 5 heteroatoms. The second-order valence-electron chi connectivity index (χ2n) is 6.01. The number of carbonyl (C=O) groups is 2. The molecule has 3 rings (SSSR count). The lowest BCUT2D eigenvalue weighted by Gasteiger charge is -2.24. The van der Waals surface area contributed by atoms with Crippen molar-refractivity contribution < 1.29 is 19.4 Å². The fourth-order valence-electron chi connectivity index (χ4n) is 3.56. The molecule has 0 aromatic rings. The molecule has 0 aromatic heterocycles. The Hall–Kier alpha value is -1.10. The molecule has 1 saturated heterocycles. The minimum absolute atomic E-state index is 0.0387. The molecular weight excluding hydrogens is 234 g/mol. The van der Waals surface area contributed by atoms with Crippen LogP contribution in [0.15, 0.2) is 0 Å². The minimum atomic E-state index is -1.18. The van der Waals surface area contributed by atoms with Crippen LogP contribution in [-0.2, 0) is 14.3 Å². The third kappa shape index (κ3) is 1.72. The van der Waals surface area contributed by atoms with Gasteiger partial charge in [-0.2, -0.15) is 0 Å². The molecule has 2 unspecified atom stereocenters. The van der Waals surface area contributed by atoms with E-state index in [-0.39, 0.29) is 23.8 Å². The number of hydrogen-bond acceptors (Lipinski definition) is 3. The zero-order valence-electron chi connectivity index (χ0n) is 10.4. The van der Waals surface area contributed by atoms with Crippen LogP contribution in [0.5, 0.6) is 0 Å². The second-order valence-corrected chi connectivity index (χ2v) is 6.01. The van der Waals surface area contributed by atoms with Gasteiger partial charge >= 0.3 is 5.97 Å². The Kier molecular flexibility index (Phi) is 2.62. The Bertz CT molecular complexity index is 380. The highest BCUT2D eigenvalue weighted by molar-refractivity contribution is 5.90. The zero-order valence-corrected chi connectivity index (χ0v) is 10.4. The molecule has 5 nitrogen and oxygen atoms in total. The van der Waals surface area contributed by atoms with Gasteiger partial charge in [0.1, 0.15) is 0 Å². The van der Waals surface area contributed by atoms with E-state index >= 15 is 0 Å². The van der Waals surface area contributed by atoms with Gasteiger partial charge in [0, 0.05) is 18.9 Å². The molecule has 3 aliphatic rings. The van der Waals surface area contributed by atoms with E-state index < -0.39 is 11.5 Å². The summed E-state index contributed by atoms with van der Waals surface area (Å²) in [4.78, 5) is 23.5. The van der Waals surface area contributed by atoms with Gasteiger partial charge in [-0.25, -0.2) is 4.79 Å². The van der Waals surface area contributed by atoms with Gasteiger partial charge in [-0.15, -0.1) is 0 Å². The maximum absolute atomic E-state index is 12.2. The first-order chi connectivity index (χ1) is 8.58. The number of carboxylic acid groups (broad SMARTS) is 1. The van der Waals surface area contributed by atoms with Gasteiger partial charge in [0.15, 0.2) is 5.54 Å². The number of ether oxygens (including phenoxy) is 1. The topological polar surface area (TPSA) is 75.6 Å². The maximum Gasteiger partial charge on any atom is 0.331 e. The van der Waals surface area contributed by atoms with E-state index in [9.17, 15) is 14.7 Å². The molecule has 2 saturated carbocycles. The van der Waals surface area contributed by atoms with Gasteiger partial charge in [-0.05, 0) is 24.7 Å². The first-order valence-electron chi connectivity index (χ1n) is 6.71. The second kappa shape index (κ2) is 3.95. The van der Waals surface area contributed by atoms with E-state index in [0.29, 0.717) is 13.0 Å². The third-order valence-electron chi connectivity index (χ3n) is 4.90. The number of rotatable bonds is 3. The highest BCUT2D eigenvalue weighted by Gasteiger charge is 2.60. The van der Waals surface area contributed by atoms with E-state index in [1.54, 1.807) is 0 Å². The van der Waals surface area contributed by atoms with Crippen molar-refractivity contribution in [2.24, 2.45) is 11.3 Å². The van der Waals surface area contributed by atoms with Gasteiger partial charge in [0.2, 0.25) is 5.91 Å². The molecule has 1 aliphatic heterocycles. The van der Waals surface area contributed by atoms with Crippen molar-refractivity contribution in [2.45, 2.75) is 44.1 Å². The van der Waals surface area contributed by atoms with Gasteiger partial charge in [0.05, 0.1) is 6.61 Å². The summed E-state index contributed by atoms with van der Waals surface area (Å²) in [7, 11) is 0. The Balaban J connectivity index is 1.66. The lowest BCUT2D eigenvalue weighted by atomic mass is 9.97. The van der Waals surface area contributed by atoms with Crippen LogP contribution in [-0.4, -0.2) is 35.7 Å². The number of nitrogens with one attached hydrogen (secondary N) is 1. The Morgan fingerprint density at radius 3 is 2.50 bits per heavy atom. The number of hydrogen-bond donors (Lipinski definition) is 2. The number of aliphatic carboxylic acids is 1. The van der Waals surface area contributed by atoms with Gasteiger partial charge in [-0.3, -0.25) is 4.79 Å². The summed E-state index contributed by atoms with van der Waals surface area (Å²) in [6.07, 6.45) is 5.97. The highest BCUT2D eigenvalue weighted by Crippen LogP contribution is 2.62. The van der Waals surface area contributed by atoms with Crippen molar-refractivity contribution in [1.29, 1.82) is 0 Å². The van der Waals surface area contributed by atoms with Gasteiger partial charge in [-0.1, -0.05) is 12.8 Å². The van der Waals surface area contributed by atoms with Crippen LogP contribution in [0.4, 0.5) is 0 Å². The maximum atomic E-state index is 12.2. The third-order valence-corrected chi connectivity index (χ3v) is 4.90. The van der Waals surface area contributed by atoms with Crippen molar-refractivity contribution in [2.75, 3.05) is 13.2 Å². The standard InChI is InChI=1S/C13H19NO4/c15-10(9-7-12(9)3-1-2-4-12)14-13(11(16)17)5-6-18-8-13/h9H,1-8H2,(H,14,15)(H,16,17). The Labute approximate surface area is 106 Å². The van der Waals surface area contributed by atoms with Crippen LogP contribution in [0.3, 0.4) is 0 Å². The van der Waals surface area contributed by atoms with Crippen molar-refractivity contribution in [3.8, 4) is 0 Å². The van der Waals surface area contributed by atoms with Gasteiger partial charge in [0.25, 0.3) is 0 Å². The molecule has 2 N–H and O–H groups in total. The monoisotopic (exact) mass is 253 g/mol. The molecule has 0 radical (unpaired) electrons. The first kappa shape index (κ1) is 12.0. The quantitative estimate of drug-likeness (QED) is 0.784. The van der Waals surface area contributed by atoms with Crippen molar-refractivity contribution >= 4 is 11.9 Å². The van der Waals surface area contributed by atoms with Crippen LogP contribution >= 0.6 is 0 Å². The number of carbonyl (C=O) groups excluding carboxylic acids is 1. The highest BCUT2D eigenvalue weighted by atomic mass is 16.5. The summed E-state index contributed by atoms with van der Waals surface area (Å²) in [6, 6.07) is 0. The largest absolute Gasteiger partial charge is 0.479 e. The summed E-state index contributed by atoms with van der Waals surface area (Å²) in [5.74, 6) is -1.02. The molecule has 0 bridgehead atoms. The Morgan fingerprint density at radius 2 is 1.94 bits per heavy atom. The van der Waals surface area contributed by atoms with E-state index in [1.165, 1.54) is 12.8 Å². The van der Waals surface area contributed by atoms with Crippen molar-refractivity contribution in [3.63, 3.8) is 0 Å². The van der Waals surface area contributed by atoms with Crippen LogP contribution in [0.1, 0.15) is 38.5 Å². The number of carboxylic acids is 1. The average Bonchev–Trinajstić information content (AvgIpc) is 2.68. The summed E-state index contributed by atoms with van der Waals surface area (Å²) in [6.45, 7) is 0.496. The Morgan fingerprint density at radius 1 is 1.22 bits per heavy atom. The van der Waals surface area contributed by atoms with E-state index in [1.807, 2.05) is 0 Å². The molecule has 2 aliphatic carbocycles. The molecule has 2 atom stereocenters. The van der Waals surface area contributed by atoms with Crippen LogP contribution in [0.2, 0.25) is 0 Å². The molecular formula is C13H19NO4. The number of amides is 1. The van der Waals surface area contributed by atoms with Crippen LogP contribution in [0.25, 0.3) is 0 Å².